The minimum absolute atomic E-state index is 0.330. The number of rotatable bonds is 5. The Balaban J connectivity index is 2.18. The third-order valence-corrected chi connectivity index (χ3v) is 5.90. The second kappa shape index (κ2) is 4.35. The van der Waals surface area contributed by atoms with Gasteiger partial charge in [0.25, 0.3) is 0 Å². The van der Waals surface area contributed by atoms with Crippen LogP contribution in [0.5, 0.6) is 0 Å². The van der Waals surface area contributed by atoms with E-state index < -0.39 is 10.0 Å². The van der Waals surface area contributed by atoms with E-state index in [0.717, 1.165) is 17.7 Å². The zero-order chi connectivity index (χ0) is 12.7. The molecule has 1 heterocycles. The van der Waals surface area contributed by atoms with Crippen molar-refractivity contribution < 1.29 is 8.42 Å². The van der Waals surface area contributed by atoms with Gasteiger partial charge in [0.1, 0.15) is 0 Å². The lowest BCUT2D eigenvalue weighted by Crippen LogP contribution is -2.44. The van der Waals surface area contributed by atoms with Crippen molar-refractivity contribution >= 4 is 21.4 Å². The molecule has 1 aliphatic rings. The molecule has 1 saturated carbocycles. The molecule has 0 amide bonds. The summed E-state index contributed by atoms with van der Waals surface area (Å²) in [5.41, 5.74) is 5.13. The fourth-order valence-electron chi connectivity index (χ4n) is 1.90. The summed E-state index contributed by atoms with van der Waals surface area (Å²) in [6.07, 6.45) is 2.21. The molecule has 0 atom stereocenters. The van der Waals surface area contributed by atoms with Gasteiger partial charge in [-0.2, -0.15) is 0 Å². The lowest BCUT2D eigenvalue weighted by Gasteiger charge is -2.25. The predicted octanol–water partition coefficient (Wildman–Crippen LogP) is 1.67. The van der Waals surface area contributed by atoms with Gasteiger partial charge in [0.05, 0.1) is 4.90 Å². The number of hydrogen-bond acceptors (Lipinski definition) is 4. The van der Waals surface area contributed by atoms with Gasteiger partial charge in [-0.3, -0.25) is 0 Å². The van der Waals surface area contributed by atoms with E-state index in [1.807, 2.05) is 13.8 Å². The Kier molecular flexibility index (Phi) is 3.33. The molecule has 0 unspecified atom stereocenters. The van der Waals surface area contributed by atoms with Gasteiger partial charge in [0.2, 0.25) is 10.0 Å². The molecule has 0 aromatic carbocycles. The molecule has 4 nitrogen and oxygen atoms in total. The van der Waals surface area contributed by atoms with Gasteiger partial charge >= 0.3 is 0 Å². The van der Waals surface area contributed by atoms with Gasteiger partial charge in [-0.05, 0) is 38.7 Å². The van der Waals surface area contributed by atoms with Gasteiger partial charge in [-0.1, -0.05) is 0 Å². The third kappa shape index (κ3) is 2.88. The second-order valence-corrected chi connectivity index (χ2v) is 7.73. The third-order valence-electron chi connectivity index (χ3n) is 3.14. The molecule has 3 N–H and O–H groups in total. The maximum Gasteiger partial charge on any atom is 0.241 e. The molecule has 0 aliphatic heterocycles. The van der Waals surface area contributed by atoms with Gasteiger partial charge in [0, 0.05) is 22.3 Å². The first-order valence-corrected chi connectivity index (χ1v) is 8.03. The maximum absolute atomic E-state index is 12.2. The summed E-state index contributed by atoms with van der Waals surface area (Å²) in [6.45, 7) is 4.27. The molecule has 0 saturated heterocycles. The minimum Gasteiger partial charge on any atom is -0.326 e. The van der Waals surface area contributed by atoms with E-state index in [9.17, 15) is 8.42 Å². The van der Waals surface area contributed by atoms with Crippen LogP contribution in [-0.4, -0.2) is 14.0 Å². The molecule has 1 fully saturated rings. The minimum atomic E-state index is -3.41. The maximum atomic E-state index is 12.2. The van der Waals surface area contributed by atoms with E-state index in [-0.39, 0.29) is 5.54 Å². The van der Waals surface area contributed by atoms with Crippen LogP contribution in [0.1, 0.15) is 31.6 Å². The van der Waals surface area contributed by atoms with Crippen LogP contribution in [-0.2, 0) is 16.6 Å². The van der Waals surface area contributed by atoms with Crippen molar-refractivity contribution in [3.63, 3.8) is 0 Å². The highest BCUT2D eigenvalue weighted by molar-refractivity contribution is 7.89. The highest BCUT2D eigenvalue weighted by atomic mass is 32.2. The molecule has 6 heteroatoms. The lowest BCUT2D eigenvalue weighted by molar-refractivity contribution is 0.400. The monoisotopic (exact) mass is 274 g/mol. The summed E-state index contributed by atoms with van der Waals surface area (Å²) in [5, 5.41) is 1.65. The SMILES string of the molecule is CC(C)(NS(=O)(=O)c1csc(CN)c1)C1CC1. The molecule has 1 aliphatic carbocycles. The number of nitrogens with two attached hydrogens (primary N) is 1. The summed E-state index contributed by atoms with van der Waals surface area (Å²) in [7, 11) is -3.41. The summed E-state index contributed by atoms with van der Waals surface area (Å²) in [4.78, 5) is 1.21. The molecule has 1 aromatic rings. The van der Waals surface area contributed by atoms with Crippen LogP contribution in [0.2, 0.25) is 0 Å². The predicted molar refractivity (Wildman–Crippen MR) is 69.3 cm³/mol. The van der Waals surface area contributed by atoms with Crippen molar-refractivity contribution in [2.24, 2.45) is 11.7 Å². The van der Waals surface area contributed by atoms with Gasteiger partial charge in [-0.25, -0.2) is 13.1 Å². The normalized spacial score (nSPS) is 17.4. The fourth-order valence-corrected chi connectivity index (χ4v) is 4.53. The van der Waals surface area contributed by atoms with Crippen molar-refractivity contribution in [3.8, 4) is 0 Å². The van der Waals surface area contributed by atoms with Crippen LogP contribution in [0.15, 0.2) is 16.3 Å². The molecule has 0 spiro atoms. The van der Waals surface area contributed by atoms with Crippen molar-refractivity contribution in [1.82, 2.24) is 4.72 Å². The van der Waals surface area contributed by atoms with Crippen molar-refractivity contribution in [1.29, 1.82) is 0 Å². The summed E-state index contributed by atoms with van der Waals surface area (Å²) in [5.74, 6) is 0.463. The first-order valence-electron chi connectivity index (χ1n) is 5.66. The Morgan fingerprint density at radius 3 is 2.65 bits per heavy atom. The van der Waals surface area contributed by atoms with Crippen LogP contribution < -0.4 is 10.5 Å². The molecule has 96 valence electrons. The molecule has 2 rings (SSSR count). The van der Waals surface area contributed by atoms with Crippen LogP contribution >= 0.6 is 11.3 Å². The summed E-state index contributed by atoms with van der Waals surface area (Å²) in [6, 6.07) is 1.65. The Bertz CT molecular complexity index is 501. The van der Waals surface area contributed by atoms with Crippen LogP contribution in [0.4, 0.5) is 0 Å². The Morgan fingerprint density at radius 2 is 2.18 bits per heavy atom. The Morgan fingerprint density at radius 1 is 1.53 bits per heavy atom. The topological polar surface area (TPSA) is 72.2 Å². The highest BCUT2D eigenvalue weighted by Gasteiger charge is 2.40. The van der Waals surface area contributed by atoms with Gasteiger partial charge in [-0.15, -0.1) is 11.3 Å². The van der Waals surface area contributed by atoms with E-state index >= 15 is 0 Å². The van der Waals surface area contributed by atoms with Crippen LogP contribution in [0, 0.1) is 5.92 Å². The van der Waals surface area contributed by atoms with E-state index in [0.29, 0.717) is 17.4 Å². The van der Waals surface area contributed by atoms with Crippen molar-refractivity contribution in [2.75, 3.05) is 0 Å². The second-order valence-electron chi connectivity index (χ2n) is 5.05. The van der Waals surface area contributed by atoms with Crippen LogP contribution in [0.25, 0.3) is 0 Å². The molecule has 0 bridgehead atoms. The molecule has 1 aromatic heterocycles. The first-order chi connectivity index (χ1) is 7.85. The molecule has 0 radical (unpaired) electrons. The fraction of sp³-hybridized carbons (Fsp3) is 0.636. The summed E-state index contributed by atoms with van der Waals surface area (Å²) >= 11 is 1.38. The number of hydrogen-bond donors (Lipinski definition) is 2. The zero-order valence-electron chi connectivity index (χ0n) is 10.1. The van der Waals surface area contributed by atoms with E-state index in [1.54, 1.807) is 11.4 Å². The van der Waals surface area contributed by atoms with Gasteiger partial charge in [0.15, 0.2) is 0 Å². The molecular formula is C11H18N2O2S2. The van der Waals surface area contributed by atoms with Gasteiger partial charge < -0.3 is 5.73 Å². The average molecular weight is 274 g/mol. The average Bonchev–Trinajstić information content (AvgIpc) is 2.95. The lowest BCUT2D eigenvalue weighted by atomic mass is 10.0. The van der Waals surface area contributed by atoms with Crippen LogP contribution in [0.3, 0.4) is 0 Å². The molecular weight excluding hydrogens is 256 g/mol. The van der Waals surface area contributed by atoms with Crippen molar-refractivity contribution in [3.05, 3.63) is 16.3 Å². The van der Waals surface area contributed by atoms with Crippen molar-refractivity contribution in [2.45, 2.75) is 43.7 Å². The smallest absolute Gasteiger partial charge is 0.241 e. The quantitative estimate of drug-likeness (QED) is 0.858. The van der Waals surface area contributed by atoms with E-state index in [4.69, 9.17) is 5.73 Å². The number of thiophene rings is 1. The Labute approximate surface area is 106 Å². The van der Waals surface area contributed by atoms with E-state index in [2.05, 4.69) is 4.72 Å². The summed E-state index contributed by atoms with van der Waals surface area (Å²) < 4.78 is 27.1. The Hall–Kier alpha value is -0.430. The highest BCUT2D eigenvalue weighted by Crippen LogP contribution is 2.40. The number of sulfonamides is 1. The first kappa shape index (κ1) is 13.0. The van der Waals surface area contributed by atoms with E-state index in [1.165, 1.54) is 11.3 Å². The molecule has 17 heavy (non-hydrogen) atoms. The standard InChI is InChI=1S/C11H18N2O2S2/c1-11(2,8-3-4-8)13-17(14,15)10-5-9(6-12)16-7-10/h5,7-8,13H,3-4,6,12H2,1-2H3. The zero-order valence-corrected chi connectivity index (χ0v) is 11.7. The largest absolute Gasteiger partial charge is 0.326 e. The number of nitrogens with one attached hydrogen (secondary N) is 1.